The molecule has 1 amide bonds. The van der Waals surface area contributed by atoms with Gasteiger partial charge in [-0.15, -0.1) is 0 Å². The molecule has 0 radical (unpaired) electrons. The van der Waals surface area contributed by atoms with Gasteiger partial charge in [0.15, 0.2) is 11.7 Å². The Morgan fingerprint density at radius 1 is 0.973 bits per heavy atom. The van der Waals surface area contributed by atoms with Crippen molar-refractivity contribution in [1.29, 1.82) is 0 Å². The second kappa shape index (κ2) is 10.1. The molecule has 5 rings (SSSR count). The number of fused-ring (bicyclic) bond motifs is 1. The number of aromatic nitrogens is 2. The van der Waals surface area contributed by atoms with E-state index in [0.717, 1.165) is 10.2 Å². The number of carbonyl (C=O) groups is 1. The molecule has 0 fully saturated rings. The first-order valence-corrected chi connectivity index (χ1v) is 12.2. The van der Waals surface area contributed by atoms with Crippen LogP contribution >= 0.6 is 23.2 Å². The highest BCUT2D eigenvalue weighted by Crippen LogP contribution is 2.44. The molecule has 3 aromatic carbocycles. The molecule has 1 aliphatic rings. The van der Waals surface area contributed by atoms with Crippen LogP contribution in [0.15, 0.2) is 84.9 Å². The van der Waals surface area contributed by atoms with Gasteiger partial charge in [-0.2, -0.15) is 18.3 Å². The van der Waals surface area contributed by atoms with Crippen LogP contribution in [0.5, 0.6) is 0 Å². The minimum atomic E-state index is -4.58. The van der Waals surface area contributed by atoms with Crippen molar-refractivity contribution in [2.75, 3.05) is 10.2 Å². The molecule has 10 heteroatoms. The number of hydrogen-bond donors (Lipinski definition) is 1. The van der Waals surface area contributed by atoms with E-state index in [1.165, 1.54) is 11.0 Å². The lowest BCUT2D eigenvalue weighted by Crippen LogP contribution is -2.36. The molecule has 0 spiro atoms. The fourth-order valence-corrected chi connectivity index (χ4v) is 4.72. The zero-order valence-electron chi connectivity index (χ0n) is 19.3. The van der Waals surface area contributed by atoms with Crippen LogP contribution in [-0.2, 0) is 6.54 Å². The third-order valence-electron chi connectivity index (χ3n) is 6.25. The highest BCUT2D eigenvalue weighted by atomic mass is 35.5. The van der Waals surface area contributed by atoms with Gasteiger partial charge in [0.05, 0.1) is 22.6 Å². The molecule has 2 atom stereocenters. The molecule has 2 heterocycles. The van der Waals surface area contributed by atoms with Gasteiger partial charge in [-0.1, -0.05) is 77.8 Å². The number of carbonyl (C=O) groups excluding carboxylic acids is 1. The van der Waals surface area contributed by atoms with Gasteiger partial charge in [-0.25, -0.2) is 4.68 Å². The maximum atomic E-state index is 14.1. The Morgan fingerprint density at radius 3 is 2.30 bits per heavy atom. The van der Waals surface area contributed by atoms with E-state index in [9.17, 15) is 18.0 Å². The molecule has 5 nitrogen and oxygen atoms in total. The van der Waals surface area contributed by atoms with Gasteiger partial charge in [0.2, 0.25) is 0 Å². The van der Waals surface area contributed by atoms with Crippen LogP contribution in [0.2, 0.25) is 10.0 Å². The van der Waals surface area contributed by atoms with Gasteiger partial charge < -0.3 is 10.2 Å². The standard InChI is InChI=1S/C27H21Cl2F3N4O/c28-20-12-11-18(13-21(20)29)22-14-24(27(30,31)32)36-25(33-22)15-23(34-36)26(37)35(19-9-5-2-6-10-19)16-17-7-3-1-4-8-17/h1-13,15,22,24,33H,14,16H2/t22-,24-/m0/s1. The zero-order valence-corrected chi connectivity index (χ0v) is 20.8. The minimum Gasteiger partial charge on any atom is -0.363 e. The monoisotopic (exact) mass is 544 g/mol. The van der Waals surface area contributed by atoms with Crippen molar-refractivity contribution in [3.8, 4) is 0 Å². The summed E-state index contributed by atoms with van der Waals surface area (Å²) in [5.74, 6) is -0.411. The molecule has 0 saturated carbocycles. The number of para-hydroxylation sites is 1. The van der Waals surface area contributed by atoms with E-state index in [-0.39, 0.29) is 29.5 Å². The van der Waals surface area contributed by atoms with E-state index >= 15 is 0 Å². The van der Waals surface area contributed by atoms with Gasteiger partial charge in [0.25, 0.3) is 5.91 Å². The van der Waals surface area contributed by atoms with Crippen molar-refractivity contribution in [3.05, 3.63) is 112 Å². The maximum absolute atomic E-state index is 14.1. The van der Waals surface area contributed by atoms with Crippen LogP contribution in [0.4, 0.5) is 24.7 Å². The Bertz CT molecular complexity index is 1410. The van der Waals surface area contributed by atoms with Crippen LogP contribution in [0, 0.1) is 0 Å². The van der Waals surface area contributed by atoms with Crippen molar-refractivity contribution >= 4 is 40.6 Å². The fourth-order valence-electron chi connectivity index (χ4n) is 4.42. The second-order valence-corrected chi connectivity index (χ2v) is 9.55. The minimum absolute atomic E-state index is 0.0914. The SMILES string of the molecule is O=C(c1cc2n(n1)[C@H](C(F)(F)F)C[C@@H](c1ccc(Cl)c(Cl)c1)N2)N(Cc1ccccc1)c1ccccc1. The topological polar surface area (TPSA) is 50.2 Å². The number of alkyl halides is 3. The Balaban J connectivity index is 1.51. The lowest BCUT2D eigenvalue weighted by atomic mass is 9.97. The van der Waals surface area contributed by atoms with Gasteiger partial charge in [-0.05, 0) is 35.4 Å². The quantitative estimate of drug-likeness (QED) is 0.280. The number of nitrogens with zero attached hydrogens (tertiary/aromatic N) is 3. The maximum Gasteiger partial charge on any atom is 0.410 e. The normalized spacial score (nSPS) is 17.1. The summed E-state index contributed by atoms with van der Waals surface area (Å²) in [6.45, 7) is 0.230. The van der Waals surface area contributed by atoms with Crippen LogP contribution in [0.1, 0.15) is 40.1 Å². The second-order valence-electron chi connectivity index (χ2n) is 8.74. The van der Waals surface area contributed by atoms with Crippen LogP contribution < -0.4 is 10.2 Å². The first-order chi connectivity index (χ1) is 17.7. The Kier molecular flexibility index (Phi) is 6.88. The number of nitrogens with one attached hydrogen (secondary N) is 1. The van der Waals surface area contributed by atoms with Crippen molar-refractivity contribution in [2.45, 2.75) is 31.2 Å². The average Bonchev–Trinajstić information content (AvgIpc) is 3.33. The summed E-state index contributed by atoms with van der Waals surface area (Å²) < 4.78 is 43.3. The Labute approximate surface area is 221 Å². The summed E-state index contributed by atoms with van der Waals surface area (Å²) in [7, 11) is 0. The molecule has 1 aromatic heterocycles. The van der Waals surface area contributed by atoms with Crippen molar-refractivity contribution in [3.63, 3.8) is 0 Å². The van der Waals surface area contributed by atoms with Crippen LogP contribution in [0.3, 0.4) is 0 Å². The number of anilines is 2. The molecule has 4 aromatic rings. The molecule has 0 aliphatic carbocycles. The summed E-state index contributed by atoms with van der Waals surface area (Å²) in [6.07, 6.45) is -4.91. The van der Waals surface area contributed by atoms with Crippen molar-refractivity contribution < 1.29 is 18.0 Å². The molecule has 37 heavy (non-hydrogen) atoms. The predicted molar refractivity (Wildman–Crippen MR) is 138 cm³/mol. The molecule has 0 unspecified atom stereocenters. The van der Waals surface area contributed by atoms with Gasteiger partial charge >= 0.3 is 6.18 Å². The summed E-state index contributed by atoms with van der Waals surface area (Å²) in [5.41, 5.74) is 1.94. The zero-order chi connectivity index (χ0) is 26.2. The summed E-state index contributed by atoms with van der Waals surface area (Å²) >= 11 is 12.1. The predicted octanol–water partition coefficient (Wildman–Crippen LogP) is 7.70. The van der Waals surface area contributed by atoms with Gasteiger partial charge in [0, 0.05) is 18.2 Å². The number of hydrogen-bond acceptors (Lipinski definition) is 3. The summed E-state index contributed by atoms with van der Waals surface area (Å²) in [4.78, 5) is 15.2. The van der Waals surface area contributed by atoms with E-state index in [2.05, 4.69) is 10.4 Å². The van der Waals surface area contributed by atoms with Gasteiger partial charge in [0.1, 0.15) is 5.82 Å². The number of amides is 1. The lowest BCUT2D eigenvalue weighted by Gasteiger charge is -2.33. The van der Waals surface area contributed by atoms with Crippen LogP contribution in [-0.4, -0.2) is 21.9 Å². The Morgan fingerprint density at radius 2 is 1.65 bits per heavy atom. The highest BCUT2D eigenvalue weighted by Gasteiger charge is 2.47. The van der Waals surface area contributed by atoms with E-state index in [4.69, 9.17) is 23.2 Å². The fraction of sp³-hybridized carbons (Fsp3) is 0.185. The molecule has 0 bridgehead atoms. The molecule has 0 saturated heterocycles. The number of benzene rings is 3. The molecular weight excluding hydrogens is 524 g/mol. The van der Waals surface area contributed by atoms with E-state index < -0.39 is 24.2 Å². The summed E-state index contributed by atoms with van der Waals surface area (Å²) in [6, 6.07) is 21.8. The largest absolute Gasteiger partial charge is 0.410 e. The summed E-state index contributed by atoms with van der Waals surface area (Å²) in [5, 5.41) is 7.80. The third kappa shape index (κ3) is 5.31. The molecular formula is C27H21Cl2F3N4O. The van der Waals surface area contributed by atoms with E-state index in [0.29, 0.717) is 16.3 Å². The molecule has 1 aliphatic heterocycles. The molecule has 190 valence electrons. The average molecular weight is 545 g/mol. The number of rotatable bonds is 5. The highest BCUT2D eigenvalue weighted by molar-refractivity contribution is 6.42. The molecule has 1 N–H and O–H groups in total. The lowest BCUT2D eigenvalue weighted by molar-refractivity contribution is -0.173. The van der Waals surface area contributed by atoms with Gasteiger partial charge in [-0.3, -0.25) is 4.79 Å². The van der Waals surface area contributed by atoms with E-state index in [1.807, 2.05) is 36.4 Å². The van der Waals surface area contributed by atoms with E-state index in [1.54, 1.807) is 42.5 Å². The Hall–Kier alpha value is -3.49. The van der Waals surface area contributed by atoms with Crippen LogP contribution in [0.25, 0.3) is 0 Å². The smallest absolute Gasteiger partial charge is 0.363 e. The first kappa shape index (κ1) is 25.2. The first-order valence-electron chi connectivity index (χ1n) is 11.5. The third-order valence-corrected chi connectivity index (χ3v) is 6.99. The van der Waals surface area contributed by atoms with Crippen molar-refractivity contribution in [2.24, 2.45) is 0 Å². The number of halogens is 5. The van der Waals surface area contributed by atoms with Crippen molar-refractivity contribution in [1.82, 2.24) is 9.78 Å².